The molecule has 0 spiro atoms. The van der Waals surface area contributed by atoms with E-state index >= 15 is 0 Å². The van der Waals surface area contributed by atoms with Crippen molar-refractivity contribution in [2.45, 2.75) is 51.3 Å². The van der Waals surface area contributed by atoms with Crippen LogP contribution in [0.5, 0.6) is 0 Å². The summed E-state index contributed by atoms with van der Waals surface area (Å²) in [6.07, 6.45) is 1.40. The summed E-state index contributed by atoms with van der Waals surface area (Å²) < 4.78 is 5.34. The molecular weight excluding hydrogens is 410 g/mol. The second-order valence-corrected chi connectivity index (χ2v) is 8.73. The predicted molar refractivity (Wildman–Crippen MR) is 112 cm³/mol. The molecule has 1 aliphatic rings. The number of likely N-dealkylation sites (tertiary alicyclic amines) is 1. The van der Waals surface area contributed by atoms with Gasteiger partial charge in [0.05, 0.1) is 11.1 Å². The normalized spacial score (nSPS) is 19.4. The lowest BCUT2D eigenvalue weighted by Crippen LogP contribution is -2.57. The minimum Gasteiger partial charge on any atom is -0.480 e. The monoisotopic (exact) mass is 433 g/mol. The molecule has 30 heavy (non-hydrogen) atoms. The van der Waals surface area contributed by atoms with Gasteiger partial charge in [-0.3, -0.25) is 14.7 Å². The van der Waals surface area contributed by atoms with Gasteiger partial charge in [-0.05, 0) is 51.8 Å². The molecule has 0 saturated carbocycles. The Hall–Kier alpha value is -2.87. The van der Waals surface area contributed by atoms with Gasteiger partial charge in [-0.2, -0.15) is 0 Å². The molecule has 3 rings (SSSR count). The lowest BCUT2D eigenvalue weighted by Gasteiger charge is -2.38. The molecular formula is C21H24ClN3O5. The summed E-state index contributed by atoms with van der Waals surface area (Å²) in [5.41, 5.74) is 0.293. The third-order valence-electron chi connectivity index (χ3n) is 4.74. The van der Waals surface area contributed by atoms with Crippen molar-refractivity contribution in [2.75, 3.05) is 6.54 Å². The number of amides is 2. The zero-order valence-electron chi connectivity index (χ0n) is 17.0. The first-order valence-corrected chi connectivity index (χ1v) is 10.00. The summed E-state index contributed by atoms with van der Waals surface area (Å²) in [6.45, 7) is 5.19. The zero-order chi connectivity index (χ0) is 22.1. The van der Waals surface area contributed by atoms with E-state index in [0.29, 0.717) is 22.5 Å². The van der Waals surface area contributed by atoms with E-state index in [1.54, 1.807) is 45.0 Å². The number of piperidine rings is 1. The first kappa shape index (κ1) is 21.8. The maximum Gasteiger partial charge on any atom is 0.411 e. The van der Waals surface area contributed by atoms with Gasteiger partial charge >= 0.3 is 12.1 Å². The number of halogens is 1. The van der Waals surface area contributed by atoms with Gasteiger partial charge in [-0.25, -0.2) is 9.59 Å². The van der Waals surface area contributed by atoms with Gasteiger partial charge < -0.3 is 15.2 Å². The van der Waals surface area contributed by atoms with Crippen LogP contribution in [0.25, 0.3) is 10.9 Å². The zero-order valence-corrected chi connectivity index (χ0v) is 17.8. The van der Waals surface area contributed by atoms with E-state index in [-0.39, 0.29) is 18.9 Å². The van der Waals surface area contributed by atoms with Crippen LogP contribution in [0.4, 0.5) is 4.79 Å². The van der Waals surface area contributed by atoms with Gasteiger partial charge in [0, 0.05) is 29.2 Å². The second-order valence-electron chi connectivity index (χ2n) is 8.30. The van der Waals surface area contributed by atoms with Crippen molar-refractivity contribution in [3.8, 4) is 0 Å². The molecule has 2 unspecified atom stereocenters. The van der Waals surface area contributed by atoms with E-state index in [0.717, 1.165) is 5.39 Å². The van der Waals surface area contributed by atoms with E-state index in [2.05, 4.69) is 10.3 Å². The quantitative estimate of drug-likeness (QED) is 0.767. The highest BCUT2D eigenvalue weighted by Gasteiger charge is 2.38. The Bertz CT molecular complexity index is 988. The smallest absolute Gasteiger partial charge is 0.411 e. The van der Waals surface area contributed by atoms with E-state index in [4.69, 9.17) is 16.3 Å². The van der Waals surface area contributed by atoms with Crippen LogP contribution in [0.15, 0.2) is 30.5 Å². The molecule has 2 heterocycles. The van der Waals surface area contributed by atoms with Gasteiger partial charge in [0.1, 0.15) is 11.6 Å². The van der Waals surface area contributed by atoms with E-state index in [1.165, 1.54) is 11.1 Å². The summed E-state index contributed by atoms with van der Waals surface area (Å²) >= 11 is 5.96. The van der Waals surface area contributed by atoms with Crippen molar-refractivity contribution in [3.63, 3.8) is 0 Å². The highest BCUT2D eigenvalue weighted by atomic mass is 35.5. The van der Waals surface area contributed by atoms with Crippen LogP contribution < -0.4 is 5.32 Å². The number of carboxylic acid groups (broad SMARTS) is 1. The maximum atomic E-state index is 12.7. The third-order valence-corrected chi connectivity index (χ3v) is 4.97. The molecule has 1 aromatic carbocycles. The molecule has 160 valence electrons. The number of nitrogens with one attached hydrogen (secondary N) is 1. The fourth-order valence-corrected chi connectivity index (χ4v) is 3.52. The van der Waals surface area contributed by atoms with Crippen molar-refractivity contribution in [2.24, 2.45) is 0 Å². The molecule has 2 N–H and O–H groups in total. The van der Waals surface area contributed by atoms with Gasteiger partial charge in [0.25, 0.3) is 5.91 Å². The topological polar surface area (TPSA) is 109 Å². The Morgan fingerprint density at radius 2 is 1.97 bits per heavy atom. The van der Waals surface area contributed by atoms with Gasteiger partial charge in [-0.1, -0.05) is 17.7 Å². The van der Waals surface area contributed by atoms with Crippen LogP contribution >= 0.6 is 11.6 Å². The second kappa shape index (κ2) is 8.47. The Morgan fingerprint density at radius 1 is 1.23 bits per heavy atom. The van der Waals surface area contributed by atoms with Crippen LogP contribution in [0.2, 0.25) is 5.02 Å². The number of carbonyl (C=O) groups is 3. The van der Waals surface area contributed by atoms with Crippen LogP contribution in [-0.4, -0.2) is 57.2 Å². The Morgan fingerprint density at radius 3 is 2.63 bits per heavy atom. The predicted octanol–water partition coefficient (Wildman–Crippen LogP) is 3.47. The number of carboxylic acids is 1. The van der Waals surface area contributed by atoms with Crippen molar-refractivity contribution < 1.29 is 24.2 Å². The van der Waals surface area contributed by atoms with Crippen LogP contribution in [-0.2, 0) is 9.53 Å². The molecule has 1 aliphatic heterocycles. The average molecular weight is 434 g/mol. The fraction of sp³-hybridized carbons (Fsp3) is 0.429. The molecule has 0 aliphatic carbocycles. The van der Waals surface area contributed by atoms with Crippen molar-refractivity contribution in [3.05, 3.63) is 41.0 Å². The molecule has 0 radical (unpaired) electrons. The van der Waals surface area contributed by atoms with Crippen LogP contribution in [0, 0.1) is 0 Å². The van der Waals surface area contributed by atoms with Crippen molar-refractivity contribution in [1.29, 1.82) is 0 Å². The molecule has 1 saturated heterocycles. The summed E-state index contributed by atoms with van der Waals surface area (Å²) in [5.74, 6) is -1.44. The number of fused-ring (bicyclic) bond motifs is 1. The molecule has 2 aromatic rings. The lowest BCUT2D eigenvalue weighted by molar-refractivity contribution is -0.144. The largest absolute Gasteiger partial charge is 0.480 e. The first-order chi connectivity index (χ1) is 14.0. The maximum absolute atomic E-state index is 12.7. The summed E-state index contributed by atoms with van der Waals surface area (Å²) in [6, 6.07) is 5.54. The number of benzene rings is 1. The standard InChI is InChI=1S/C21H24ClN3O5/c1-21(2,3)30-20(29)25-11-15(6-7-17(25)19(27)28)24-18(26)13-8-12-4-5-14(22)9-16(12)23-10-13/h4-5,8-10,15,17H,6-7,11H2,1-3H3,(H,24,26)(H,27,28). The third kappa shape index (κ3) is 5.18. The number of pyridine rings is 1. The summed E-state index contributed by atoms with van der Waals surface area (Å²) in [7, 11) is 0. The van der Waals surface area contributed by atoms with Crippen molar-refractivity contribution in [1.82, 2.24) is 15.2 Å². The highest BCUT2D eigenvalue weighted by molar-refractivity contribution is 6.31. The Kier molecular flexibility index (Phi) is 6.17. The molecule has 1 aromatic heterocycles. The van der Waals surface area contributed by atoms with Crippen LogP contribution in [0.1, 0.15) is 44.0 Å². The number of hydrogen-bond donors (Lipinski definition) is 2. The minimum atomic E-state index is -1.09. The lowest BCUT2D eigenvalue weighted by atomic mass is 9.98. The van der Waals surface area contributed by atoms with Gasteiger partial charge in [-0.15, -0.1) is 0 Å². The molecule has 1 fully saturated rings. The molecule has 2 atom stereocenters. The van der Waals surface area contributed by atoms with Crippen LogP contribution in [0.3, 0.4) is 0 Å². The van der Waals surface area contributed by atoms with E-state index in [1.807, 2.05) is 0 Å². The molecule has 8 nitrogen and oxygen atoms in total. The van der Waals surface area contributed by atoms with Gasteiger partial charge in [0.2, 0.25) is 0 Å². The highest BCUT2D eigenvalue weighted by Crippen LogP contribution is 2.22. The number of rotatable bonds is 3. The van der Waals surface area contributed by atoms with Crippen molar-refractivity contribution >= 4 is 40.5 Å². The molecule has 0 bridgehead atoms. The number of aliphatic carboxylic acids is 1. The van der Waals surface area contributed by atoms with E-state index < -0.39 is 29.7 Å². The molecule has 9 heteroatoms. The SMILES string of the molecule is CC(C)(C)OC(=O)N1CC(NC(=O)c2cnc3cc(Cl)ccc3c2)CCC1C(=O)O. The first-order valence-electron chi connectivity index (χ1n) is 9.62. The average Bonchev–Trinajstić information content (AvgIpc) is 2.65. The number of hydrogen-bond acceptors (Lipinski definition) is 5. The summed E-state index contributed by atoms with van der Waals surface area (Å²) in [5, 5.41) is 13.7. The number of aromatic nitrogens is 1. The number of ether oxygens (including phenoxy) is 1. The Balaban J connectivity index is 1.73. The van der Waals surface area contributed by atoms with E-state index in [9.17, 15) is 19.5 Å². The minimum absolute atomic E-state index is 0.0498. The Labute approximate surface area is 179 Å². The number of carbonyl (C=O) groups excluding carboxylic acids is 2. The van der Waals surface area contributed by atoms with Gasteiger partial charge in [0.15, 0.2) is 0 Å². The number of nitrogens with zero attached hydrogens (tertiary/aromatic N) is 2. The molecule has 2 amide bonds. The summed E-state index contributed by atoms with van der Waals surface area (Å²) in [4.78, 5) is 42.2. The fourth-order valence-electron chi connectivity index (χ4n) is 3.36.